The van der Waals surface area contributed by atoms with Crippen LogP contribution < -0.4 is 21.3 Å². The van der Waals surface area contributed by atoms with Crippen LogP contribution >= 0.6 is 0 Å². The summed E-state index contributed by atoms with van der Waals surface area (Å²) in [6.07, 6.45) is 0.616. The molecule has 36 heavy (non-hydrogen) atoms. The Morgan fingerprint density at radius 1 is 0.861 bits per heavy atom. The first kappa shape index (κ1) is 24.2. The van der Waals surface area contributed by atoms with E-state index in [4.69, 9.17) is 0 Å². The van der Waals surface area contributed by atoms with Gasteiger partial charge in [-0.15, -0.1) is 0 Å². The molecule has 3 fully saturated rings. The van der Waals surface area contributed by atoms with Crippen LogP contribution in [0.1, 0.15) is 45.2 Å². The van der Waals surface area contributed by atoms with Gasteiger partial charge in [0.1, 0.15) is 0 Å². The van der Waals surface area contributed by atoms with Gasteiger partial charge in [0, 0.05) is 17.5 Å². The van der Waals surface area contributed by atoms with Gasteiger partial charge in [0.2, 0.25) is 5.91 Å². The van der Waals surface area contributed by atoms with Gasteiger partial charge in [0.05, 0.1) is 11.3 Å². The average molecular weight is 489 g/mol. The molecule has 0 aromatic heterocycles. The fourth-order valence-corrected chi connectivity index (χ4v) is 7.13. The molecule has 2 heterocycles. The van der Waals surface area contributed by atoms with E-state index in [1.165, 1.54) is 0 Å². The van der Waals surface area contributed by atoms with Crippen molar-refractivity contribution in [3.8, 4) is 0 Å². The predicted octanol–water partition coefficient (Wildman–Crippen LogP) is 2.14. The Labute approximate surface area is 210 Å². The first-order chi connectivity index (χ1) is 17.1. The zero-order valence-corrected chi connectivity index (χ0v) is 20.9. The molecule has 5 amide bonds. The maximum Gasteiger partial charge on any atom is 0.328 e. The summed E-state index contributed by atoms with van der Waals surface area (Å²) < 4.78 is 0. The highest BCUT2D eigenvalue weighted by atomic mass is 16.2. The van der Waals surface area contributed by atoms with Crippen molar-refractivity contribution in [3.05, 3.63) is 71.8 Å². The molecule has 2 aromatic rings. The molecule has 0 radical (unpaired) electrons. The lowest BCUT2D eigenvalue weighted by atomic mass is 9.69. The molecule has 8 nitrogen and oxygen atoms in total. The van der Waals surface area contributed by atoms with Gasteiger partial charge in [-0.2, -0.15) is 0 Å². The number of nitrogens with one attached hydrogen (secondary N) is 4. The van der Waals surface area contributed by atoms with E-state index < -0.39 is 46.2 Å². The number of imide groups is 2. The van der Waals surface area contributed by atoms with Crippen LogP contribution in [0.3, 0.4) is 0 Å². The monoisotopic (exact) mass is 488 g/mol. The second kappa shape index (κ2) is 8.27. The summed E-state index contributed by atoms with van der Waals surface area (Å²) in [6.45, 7) is 7.93. The van der Waals surface area contributed by atoms with Crippen molar-refractivity contribution < 1.29 is 19.2 Å². The van der Waals surface area contributed by atoms with E-state index in [0.717, 1.165) is 5.56 Å². The van der Waals surface area contributed by atoms with Gasteiger partial charge < -0.3 is 5.32 Å². The lowest BCUT2D eigenvalue weighted by Gasteiger charge is -2.40. The number of hydrogen-bond donors (Lipinski definition) is 4. The molecule has 4 N–H and O–H groups in total. The molecule has 3 aliphatic rings. The molecule has 2 saturated heterocycles. The van der Waals surface area contributed by atoms with Gasteiger partial charge in [-0.1, -0.05) is 74.5 Å². The second-order valence-electron chi connectivity index (χ2n) is 10.8. The number of hydrogen-bond acceptors (Lipinski definition) is 5. The number of fused-ring (bicyclic) bond motifs is 2. The van der Waals surface area contributed by atoms with Crippen molar-refractivity contribution in [3.63, 3.8) is 0 Å². The van der Waals surface area contributed by atoms with Crippen LogP contribution in [0.2, 0.25) is 0 Å². The van der Waals surface area contributed by atoms with Gasteiger partial charge in [0.15, 0.2) is 5.54 Å². The highest BCUT2D eigenvalue weighted by Crippen LogP contribution is 2.80. The fraction of sp³-hybridized carbons (Fsp3) is 0.429. The molecule has 1 spiro atoms. The number of benzene rings is 2. The minimum absolute atomic E-state index is 0.137. The lowest BCUT2D eigenvalue weighted by Crippen LogP contribution is -2.76. The number of amides is 5. The Morgan fingerprint density at radius 3 is 1.89 bits per heavy atom. The van der Waals surface area contributed by atoms with Crippen LogP contribution in [0.4, 0.5) is 4.79 Å². The predicted molar refractivity (Wildman–Crippen MR) is 134 cm³/mol. The summed E-state index contributed by atoms with van der Waals surface area (Å²) in [7, 11) is 0. The van der Waals surface area contributed by atoms with Gasteiger partial charge in [-0.3, -0.25) is 30.3 Å². The summed E-state index contributed by atoms with van der Waals surface area (Å²) in [4.78, 5) is 54.0. The molecule has 2 aromatic carbocycles. The molecule has 2 aliphatic heterocycles. The third kappa shape index (κ3) is 2.91. The molecule has 8 heteroatoms. The van der Waals surface area contributed by atoms with Crippen molar-refractivity contribution in [1.82, 2.24) is 21.3 Å². The fourth-order valence-electron chi connectivity index (χ4n) is 7.13. The minimum Gasteiger partial charge on any atom is -0.354 e. The molecular weight excluding hydrogens is 456 g/mol. The molecule has 188 valence electrons. The van der Waals surface area contributed by atoms with Crippen LogP contribution in [0, 0.1) is 11.8 Å². The Bertz CT molecular complexity index is 1210. The summed E-state index contributed by atoms with van der Waals surface area (Å²) in [5, 5.41) is 11.1. The van der Waals surface area contributed by atoms with E-state index >= 15 is 0 Å². The second-order valence-corrected chi connectivity index (χ2v) is 10.8. The Hall–Kier alpha value is -3.52. The molecule has 0 unspecified atom stereocenters. The van der Waals surface area contributed by atoms with E-state index in [1.54, 1.807) is 0 Å². The quantitative estimate of drug-likeness (QED) is 0.465. The number of rotatable bonds is 6. The van der Waals surface area contributed by atoms with Crippen molar-refractivity contribution >= 4 is 23.8 Å². The highest BCUT2D eigenvalue weighted by molar-refractivity contribution is 6.26. The van der Waals surface area contributed by atoms with Gasteiger partial charge >= 0.3 is 6.03 Å². The Morgan fingerprint density at radius 2 is 1.39 bits per heavy atom. The topological polar surface area (TPSA) is 116 Å². The van der Waals surface area contributed by atoms with E-state index in [1.807, 2.05) is 74.5 Å². The van der Waals surface area contributed by atoms with Crippen molar-refractivity contribution in [1.29, 1.82) is 0 Å². The summed E-state index contributed by atoms with van der Waals surface area (Å²) in [6, 6.07) is 17.6. The maximum absolute atomic E-state index is 14.1. The van der Waals surface area contributed by atoms with Gasteiger partial charge in [-0.25, -0.2) is 4.79 Å². The SMILES string of the molecule is CC(C)C[C@H]1NC2(C(=O)NC(=O)NC2=O)[C@@]2(c3ccccc3)[C@H](C(=O)NC(C)C)[C@@]12c1ccccc1. The highest BCUT2D eigenvalue weighted by Gasteiger charge is 2.96. The van der Waals surface area contributed by atoms with Crippen molar-refractivity contribution in [2.24, 2.45) is 11.8 Å². The summed E-state index contributed by atoms with van der Waals surface area (Å²) in [5.41, 5.74) is -2.46. The van der Waals surface area contributed by atoms with Crippen LogP contribution in [0.5, 0.6) is 0 Å². The van der Waals surface area contributed by atoms with Crippen LogP contribution in [0.25, 0.3) is 0 Å². The third-order valence-corrected chi connectivity index (χ3v) is 8.01. The number of carbonyl (C=O) groups is 4. The van der Waals surface area contributed by atoms with E-state index in [2.05, 4.69) is 35.1 Å². The minimum atomic E-state index is -1.86. The largest absolute Gasteiger partial charge is 0.354 e. The lowest BCUT2D eigenvalue weighted by molar-refractivity contribution is -0.141. The normalized spacial score (nSPS) is 30.2. The Balaban J connectivity index is 1.88. The molecular formula is C28H32N4O4. The third-order valence-electron chi connectivity index (χ3n) is 8.01. The Kier molecular flexibility index (Phi) is 5.55. The molecule has 4 atom stereocenters. The zero-order valence-electron chi connectivity index (χ0n) is 20.9. The average Bonchev–Trinajstić information content (AvgIpc) is 3.40. The molecule has 1 saturated carbocycles. The van der Waals surface area contributed by atoms with Crippen LogP contribution in [-0.4, -0.2) is 41.4 Å². The number of barbiturate groups is 1. The van der Waals surface area contributed by atoms with Gasteiger partial charge in [-0.05, 0) is 37.3 Å². The molecule has 5 rings (SSSR count). The molecule has 0 bridgehead atoms. The van der Waals surface area contributed by atoms with Crippen LogP contribution in [0.15, 0.2) is 60.7 Å². The smallest absolute Gasteiger partial charge is 0.328 e. The van der Waals surface area contributed by atoms with E-state index in [-0.39, 0.29) is 17.9 Å². The summed E-state index contributed by atoms with van der Waals surface area (Å²) >= 11 is 0. The van der Waals surface area contributed by atoms with Gasteiger partial charge in [0.25, 0.3) is 11.8 Å². The number of urea groups is 1. The van der Waals surface area contributed by atoms with Crippen molar-refractivity contribution in [2.45, 2.75) is 62.6 Å². The van der Waals surface area contributed by atoms with Crippen molar-refractivity contribution in [2.75, 3.05) is 0 Å². The number of piperidine rings is 1. The standard InChI is InChI=1S/C28H32N4O4/c1-16(2)15-20-26(18-11-7-5-8-12-18)21(22(33)29-17(3)4)27(26,19-13-9-6-10-14-19)28(32-20)23(34)30-25(36)31-24(28)35/h5-14,16-17,20-21,32H,15H2,1-4H3,(H,29,33)(H2,30,31,34,35,36)/t20-,21-,26-,27+/m1/s1. The van der Waals surface area contributed by atoms with E-state index in [9.17, 15) is 19.2 Å². The first-order valence-electron chi connectivity index (χ1n) is 12.5. The van der Waals surface area contributed by atoms with E-state index in [0.29, 0.717) is 12.0 Å². The summed E-state index contributed by atoms with van der Waals surface area (Å²) in [5.74, 6) is -2.20. The first-order valence-corrected chi connectivity index (χ1v) is 12.5. The molecule has 1 aliphatic carbocycles. The zero-order chi connectivity index (χ0) is 25.9. The maximum atomic E-state index is 14.1. The van der Waals surface area contributed by atoms with Crippen LogP contribution in [-0.2, 0) is 25.2 Å². The number of carbonyl (C=O) groups excluding carboxylic acids is 4.